The van der Waals surface area contributed by atoms with Gasteiger partial charge >= 0.3 is 0 Å². The molecule has 1 spiro atoms. The number of nitrogens with zero attached hydrogens (tertiary/aromatic N) is 2. The SMILES string of the molecule is CCCCCCC(CCCC)CC(=O)N1CC2(CCN(CC(CCCC)CCCCC)CC2)C1. The third kappa shape index (κ3) is 10.6. The van der Waals surface area contributed by atoms with Gasteiger partial charge in [-0.15, -0.1) is 0 Å². The number of amides is 1. The molecule has 2 fully saturated rings. The molecule has 0 radical (unpaired) electrons. The highest BCUT2D eigenvalue weighted by molar-refractivity contribution is 5.77. The second-order valence-corrected chi connectivity index (χ2v) is 12.1. The zero-order valence-electron chi connectivity index (χ0n) is 23.7. The predicted molar refractivity (Wildman–Crippen MR) is 148 cm³/mol. The lowest BCUT2D eigenvalue weighted by molar-refractivity contribution is -0.148. The van der Waals surface area contributed by atoms with E-state index in [1.807, 2.05) is 0 Å². The zero-order valence-corrected chi connectivity index (χ0v) is 23.7. The van der Waals surface area contributed by atoms with Crippen LogP contribution in [-0.4, -0.2) is 48.4 Å². The van der Waals surface area contributed by atoms with E-state index in [-0.39, 0.29) is 0 Å². The van der Waals surface area contributed by atoms with Crippen molar-refractivity contribution in [3.63, 3.8) is 0 Å². The van der Waals surface area contributed by atoms with Crippen LogP contribution in [0, 0.1) is 17.3 Å². The molecule has 1 amide bonds. The van der Waals surface area contributed by atoms with E-state index in [9.17, 15) is 4.79 Å². The average Bonchev–Trinajstić information content (AvgIpc) is 2.82. The van der Waals surface area contributed by atoms with Gasteiger partial charge in [-0.3, -0.25) is 4.79 Å². The highest BCUT2D eigenvalue weighted by Crippen LogP contribution is 2.41. The second kappa shape index (κ2) is 17.0. The van der Waals surface area contributed by atoms with E-state index in [0.29, 0.717) is 17.2 Å². The molecular formula is C31H60N2O. The fraction of sp³-hybridized carbons (Fsp3) is 0.968. The van der Waals surface area contributed by atoms with Crippen LogP contribution >= 0.6 is 0 Å². The first-order chi connectivity index (χ1) is 16.6. The molecule has 2 atom stereocenters. The van der Waals surface area contributed by atoms with Crippen LogP contribution in [0.1, 0.15) is 143 Å². The summed E-state index contributed by atoms with van der Waals surface area (Å²) in [7, 11) is 0. The van der Waals surface area contributed by atoms with Crippen LogP contribution in [0.15, 0.2) is 0 Å². The molecule has 0 aromatic rings. The normalized spacial score (nSPS) is 19.8. The standard InChI is InChI=1S/C31H60N2O/c1-5-9-13-15-18-28(16-11-7-3)24-30(34)33-26-31(27-33)20-22-32(23-21-31)25-29(17-12-8-4)19-14-10-6-2/h28-29H,5-27H2,1-4H3. The molecule has 2 aliphatic rings. The summed E-state index contributed by atoms with van der Waals surface area (Å²) >= 11 is 0. The summed E-state index contributed by atoms with van der Waals surface area (Å²) in [6.07, 6.45) is 23.5. The topological polar surface area (TPSA) is 23.6 Å². The monoisotopic (exact) mass is 476 g/mol. The molecular weight excluding hydrogens is 416 g/mol. The Morgan fingerprint density at radius 1 is 0.676 bits per heavy atom. The first-order valence-electron chi connectivity index (χ1n) is 15.6. The smallest absolute Gasteiger partial charge is 0.222 e. The molecule has 0 bridgehead atoms. The van der Waals surface area contributed by atoms with Crippen molar-refractivity contribution in [3.8, 4) is 0 Å². The Morgan fingerprint density at radius 2 is 1.18 bits per heavy atom. The Balaban J connectivity index is 1.71. The molecule has 0 saturated carbocycles. The average molecular weight is 477 g/mol. The Kier molecular flexibility index (Phi) is 14.8. The molecule has 0 aliphatic carbocycles. The van der Waals surface area contributed by atoms with Gasteiger partial charge in [-0.05, 0) is 63.5 Å². The molecule has 2 aliphatic heterocycles. The zero-order chi connectivity index (χ0) is 24.7. The van der Waals surface area contributed by atoms with Crippen molar-refractivity contribution in [2.75, 3.05) is 32.7 Å². The molecule has 3 heteroatoms. The number of unbranched alkanes of at least 4 members (excludes halogenated alkanes) is 7. The molecule has 2 heterocycles. The first-order valence-corrected chi connectivity index (χ1v) is 15.6. The van der Waals surface area contributed by atoms with E-state index in [1.54, 1.807) is 0 Å². The van der Waals surface area contributed by atoms with Crippen molar-refractivity contribution in [1.29, 1.82) is 0 Å². The van der Waals surface area contributed by atoms with Gasteiger partial charge in [-0.2, -0.15) is 0 Å². The minimum atomic E-state index is 0.452. The van der Waals surface area contributed by atoms with Gasteiger partial charge < -0.3 is 9.80 Å². The number of likely N-dealkylation sites (tertiary alicyclic amines) is 2. The van der Waals surface area contributed by atoms with E-state index < -0.39 is 0 Å². The van der Waals surface area contributed by atoms with Gasteiger partial charge in [-0.1, -0.05) is 98.3 Å². The van der Waals surface area contributed by atoms with Gasteiger partial charge in [0.1, 0.15) is 0 Å². The summed E-state index contributed by atoms with van der Waals surface area (Å²) in [6, 6.07) is 0. The highest BCUT2D eigenvalue weighted by atomic mass is 16.2. The van der Waals surface area contributed by atoms with Crippen LogP contribution in [0.3, 0.4) is 0 Å². The largest absolute Gasteiger partial charge is 0.341 e. The van der Waals surface area contributed by atoms with Crippen LogP contribution in [0.5, 0.6) is 0 Å². The number of carbonyl (C=O) groups is 1. The number of hydrogen-bond acceptors (Lipinski definition) is 2. The number of rotatable bonds is 19. The Morgan fingerprint density at radius 3 is 1.79 bits per heavy atom. The van der Waals surface area contributed by atoms with Gasteiger partial charge in [0.2, 0.25) is 5.91 Å². The first kappa shape index (κ1) is 29.7. The molecule has 200 valence electrons. The Bertz CT molecular complexity index is 518. The second-order valence-electron chi connectivity index (χ2n) is 12.1. The molecule has 34 heavy (non-hydrogen) atoms. The van der Waals surface area contributed by atoms with Crippen LogP contribution in [-0.2, 0) is 4.79 Å². The van der Waals surface area contributed by atoms with E-state index in [1.165, 1.54) is 129 Å². The quantitative estimate of drug-likeness (QED) is 0.175. The summed E-state index contributed by atoms with van der Waals surface area (Å²) in [5.74, 6) is 1.98. The van der Waals surface area contributed by atoms with Crippen LogP contribution in [0.25, 0.3) is 0 Å². The third-order valence-electron chi connectivity index (χ3n) is 8.92. The van der Waals surface area contributed by atoms with Crippen molar-refractivity contribution < 1.29 is 4.79 Å². The summed E-state index contributed by atoms with van der Waals surface area (Å²) in [4.78, 5) is 18.0. The molecule has 2 unspecified atom stereocenters. The summed E-state index contributed by atoms with van der Waals surface area (Å²) < 4.78 is 0. The molecule has 0 aromatic heterocycles. The maximum absolute atomic E-state index is 13.1. The number of carbonyl (C=O) groups excluding carboxylic acids is 1. The fourth-order valence-corrected chi connectivity index (χ4v) is 6.41. The van der Waals surface area contributed by atoms with Gasteiger partial charge in [0.15, 0.2) is 0 Å². The lowest BCUT2D eigenvalue weighted by Crippen LogP contribution is -2.62. The highest BCUT2D eigenvalue weighted by Gasteiger charge is 2.46. The van der Waals surface area contributed by atoms with Crippen molar-refractivity contribution in [3.05, 3.63) is 0 Å². The van der Waals surface area contributed by atoms with E-state index in [2.05, 4.69) is 37.5 Å². The van der Waals surface area contributed by atoms with Crippen LogP contribution in [0.2, 0.25) is 0 Å². The molecule has 2 saturated heterocycles. The van der Waals surface area contributed by atoms with E-state index >= 15 is 0 Å². The van der Waals surface area contributed by atoms with Gasteiger partial charge in [0.25, 0.3) is 0 Å². The fourth-order valence-electron chi connectivity index (χ4n) is 6.41. The maximum Gasteiger partial charge on any atom is 0.222 e. The number of piperidine rings is 1. The third-order valence-corrected chi connectivity index (χ3v) is 8.92. The Hall–Kier alpha value is -0.570. The van der Waals surface area contributed by atoms with E-state index in [0.717, 1.165) is 25.4 Å². The van der Waals surface area contributed by atoms with Crippen LogP contribution in [0.4, 0.5) is 0 Å². The van der Waals surface area contributed by atoms with Crippen molar-refractivity contribution in [2.45, 2.75) is 143 Å². The minimum Gasteiger partial charge on any atom is -0.341 e. The lowest BCUT2D eigenvalue weighted by Gasteiger charge is -2.54. The van der Waals surface area contributed by atoms with Crippen molar-refractivity contribution >= 4 is 5.91 Å². The van der Waals surface area contributed by atoms with Gasteiger partial charge in [-0.25, -0.2) is 0 Å². The van der Waals surface area contributed by atoms with Crippen molar-refractivity contribution in [1.82, 2.24) is 9.80 Å². The summed E-state index contributed by atoms with van der Waals surface area (Å²) in [6.45, 7) is 15.1. The molecule has 0 aromatic carbocycles. The molecule has 2 rings (SSSR count). The lowest BCUT2D eigenvalue weighted by atomic mass is 9.71. The van der Waals surface area contributed by atoms with Crippen LogP contribution < -0.4 is 0 Å². The maximum atomic E-state index is 13.1. The minimum absolute atomic E-state index is 0.452. The summed E-state index contributed by atoms with van der Waals surface area (Å²) in [5.41, 5.74) is 0.452. The van der Waals surface area contributed by atoms with Gasteiger partial charge in [0, 0.05) is 31.5 Å². The number of hydrogen-bond donors (Lipinski definition) is 0. The van der Waals surface area contributed by atoms with E-state index in [4.69, 9.17) is 0 Å². The molecule has 0 N–H and O–H groups in total. The molecule has 3 nitrogen and oxygen atoms in total. The van der Waals surface area contributed by atoms with Gasteiger partial charge in [0.05, 0.1) is 0 Å². The predicted octanol–water partition coefficient (Wildman–Crippen LogP) is 8.46. The van der Waals surface area contributed by atoms with Crippen molar-refractivity contribution in [2.24, 2.45) is 17.3 Å². The summed E-state index contributed by atoms with van der Waals surface area (Å²) in [5, 5.41) is 0. The Labute approximate surface area is 213 Å².